The molecule has 0 aliphatic rings. The molecule has 1 atom stereocenters. The summed E-state index contributed by atoms with van der Waals surface area (Å²) in [7, 11) is -0.00890. The molecule has 0 aliphatic heterocycles. The summed E-state index contributed by atoms with van der Waals surface area (Å²) < 4.78 is 17.3. The summed E-state index contributed by atoms with van der Waals surface area (Å²) in [6.45, 7) is 3.75. The first kappa shape index (κ1) is 16.3. The Morgan fingerprint density at radius 1 is 1.29 bits per heavy atom. The van der Waals surface area contributed by atoms with E-state index in [9.17, 15) is 9.00 Å². The number of carbonyl (C=O) groups excluding carboxylic acids is 1. The van der Waals surface area contributed by atoms with Crippen LogP contribution in [0.15, 0.2) is 35.6 Å². The molecule has 3 rings (SSSR count). The maximum Gasteiger partial charge on any atom is 0.338 e. The highest BCUT2D eigenvalue weighted by atomic mass is 32.2. The smallest absolute Gasteiger partial charge is 0.338 e. The minimum absolute atomic E-state index is 0.287. The predicted molar refractivity (Wildman–Crippen MR) is 91.3 cm³/mol. The molecular formula is C17H17N3O3S. The molecule has 6 nitrogen and oxygen atoms in total. The zero-order chi connectivity index (χ0) is 17.3. The van der Waals surface area contributed by atoms with Gasteiger partial charge in [0.1, 0.15) is 0 Å². The maximum atomic E-state index is 12.6. The highest BCUT2D eigenvalue weighted by Gasteiger charge is 2.16. The highest BCUT2D eigenvalue weighted by Crippen LogP contribution is 2.21. The molecule has 124 valence electrons. The summed E-state index contributed by atoms with van der Waals surface area (Å²) in [5, 5.41) is 0.372. The first-order chi connectivity index (χ1) is 11.5. The van der Waals surface area contributed by atoms with E-state index in [1.807, 2.05) is 26.0 Å². The minimum atomic E-state index is -1.35. The summed E-state index contributed by atoms with van der Waals surface area (Å²) in [5.74, 6) is -0.126. The fraction of sp³-hybridized carbons (Fsp3) is 0.235. The van der Waals surface area contributed by atoms with Crippen molar-refractivity contribution < 1.29 is 13.7 Å². The number of ether oxygens (including phenoxy) is 1. The average Bonchev–Trinajstić information content (AvgIpc) is 2.98. The van der Waals surface area contributed by atoms with Crippen LogP contribution in [-0.4, -0.2) is 32.2 Å². The summed E-state index contributed by atoms with van der Waals surface area (Å²) in [6, 6.07) is 7.24. The van der Waals surface area contributed by atoms with Gasteiger partial charge in [-0.05, 0) is 43.2 Å². The molecule has 0 spiro atoms. The molecule has 7 heteroatoms. The number of hydrogen-bond acceptors (Lipinski definition) is 5. The first-order valence-electron chi connectivity index (χ1n) is 7.37. The Hall–Kier alpha value is -2.54. The second-order valence-corrected chi connectivity index (χ2v) is 6.84. The van der Waals surface area contributed by atoms with Crippen LogP contribution in [0.4, 0.5) is 0 Å². The molecule has 2 heterocycles. The molecule has 0 bridgehead atoms. The maximum absolute atomic E-state index is 12.6. The molecule has 1 unspecified atom stereocenters. The Bertz CT molecular complexity index is 949. The quantitative estimate of drug-likeness (QED) is 0.736. The van der Waals surface area contributed by atoms with Gasteiger partial charge in [0, 0.05) is 6.20 Å². The number of hydrogen-bond donors (Lipinski definition) is 1. The third-order valence-corrected chi connectivity index (χ3v) is 4.97. The monoisotopic (exact) mass is 343 g/mol. The minimum Gasteiger partial charge on any atom is -0.465 e. The van der Waals surface area contributed by atoms with Crippen molar-refractivity contribution in [2.75, 3.05) is 7.11 Å². The number of rotatable bonds is 4. The molecule has 24 heavy (non-hydrogen) atoms. The van der Waals surface area contributed by atoms with Gasteiger partial charge in [-0.1, -0.05) is 6.07 Å². The van der Waals surface area contributed by atoms with E-state index in [0.717, 1.165) is 22.3 Å². The molecule has 1 N–H and O–H groups in total. The van der Waals surface area contributed by atoms with Crippen molar-refractivity contribution in [3.8, 4) is 0 Å². The largest absolute Gasteiger partial charge is 0.465 e. The van der Waals surface area contributed by atoms with Gasteiger partial charge in [0.15, 0.2) is 5.16 Å². The molecule has 1 aromatic carbocycles. The number of carbonyl (C=O) groups is 1. The van der Waals surface area contributed by atoms with E-state index in [-0.39, 0.29) is 5.75 Å². The number of aryl methyl sites for hydroxylation is 2. The summed E-state index contributed by atoms with van der Waals surface area (Å²) in [6.07, 6.45) is 1.68. The van der Waals surface area contributed by atoms with Gasteiger partial charge in [0.2, 0.25) is 0 Å². The van der Waals surface area contributed by atoms with Crippen LogP contribution >= 0.6 is 0 Å². The lowest BCUT2D eigenvalue weighted by atomic mass is 10.1. The van der Waals surface area contributed by atoms with E-state index in [0.29, 0.717) is 16.2 Å². The van der Waals surface area contributed by atoms with E-state index in [2.05, 4.69) is 15.0 Å². The molecule has 0 fully saturated rings. The SMILES string of the molecule is COC(=O)c1cc2nc(S(=O)Cc3ncccc3C)[nH]c2cc1C. The van der Waals surface area contributed by atoms with Gasteiger partial charge in [0.25, 0.3) is 0 Å². The number of pyridine rings is 1. The van der Waals surface area contributed by atoms with Gasteiger partial charge in [-0.15, -0.1) is 0 Å². The Kier molecular flexibility index (Phi) is 4.44. The number of esters is 1. The lowest BCUT2D eigenvalue weighted by molar-refractivity contribution is 0.0600. The lowest BCUT2D eigenvalue weighted by Crippen LogP contribution is -2.03. The highest BCUT2D eigenvalue weighted by molar-refractivity contribution is 7.84. The summed E-state index contributed by atoms with van der Waals surface area (Å²) in [5.41, 5.74) is 4.32. The summed E-state index contributed by atoms with van der Waals surface area (Å²) >= 11 is 0. The number of H-pyrrole nitrogens is 1. The van der Waals surface area contributed by atoms with Crippen molar-refractivity contribution in [2.24, 2.45) is 0 Å². The zero-order valence-electron chi connectivity index (χ0n) is 13.6. The second kappa shape index (κ2) is 6.52. The van der Waals surface area contributed by atoms with Crippen LogP contribution in [0.2, 0.25) is 0 Å². The van der Waals surface area contributed by atoms with Gasteiger partial charge in [-0.3, -0.25) is 9.19 Å². The molecule has 2 aromatic heterocycles. The third-order valence-electron chi connectivity index (χ3n) is 3.81. The fourth-order valence-corrected chi connectivity index (χ4v) is 3.55. The topological polar surface area (TPSA) is 84.9 Å². The van der Waals surface area contributed by atoms with Gasteiger partial charge >= 0.3 is 5.97 Å². The predicted octanol–water partition coefficient (Wildman–Crippen LogP) is 2.67. The first-order valence-corrected chi connectivity index (χ1v) is 8.69. The van der Waals surface area contributed by atoms with Crippen LogP contribution in [0, 0.1) is 13.8 Å². The van der Waals surface area contributed by atoms with Crippen molar-refractivity contribution >= 4 is 27.8 Å². The van der Waals surface area contributed by atoms with Crippen LogP contribution in [-0.2, 0) is 21.3 Å². The van der Waals surface area contributed by atoms with E-state index in [1.165, 1.54) is 7.11 Å². The Balaban J connectivity index is 1.94. The molecule has 0 radical (unpaired) electrons. The number of nitrogens with zero attached hydrogens (tertiary/aromatic N) is 2. The number of benzene rings is 1. The number of aromatic amines is 1. The van der Waals surface area contributed by atoms with Crippen molar-refractivity contribution in [3.05, 3.63) is 52.8 Å². The molecule has 0 saturated carbocycles. The normalized spacial score (nSPS) is 12.3. The van der Waals surface area contributed by atoms with E-state index in [4.69, 9.17) is 4.74 Å². The molecule has 0 amide bonds. The number of aromatic nitrogens is 3. The Morgan fingerprint density at radius 2 is 2.08 bits per heavy atom. The zero-order valence-corrected chi connectivity index (χ0v) is 14.4. The molecular weight excluding hydrogens is 326 g/mol. The molecule has 0 saturated heterocycles. The standard InChI is InChI=1S/C17H17N3O3S/c1-10-5-4-6-18-15(10)9-24(22)17-19-13-7-11(2)12(16(21)23-3)8-14(13)20-17/h4-8H,9H2,1-3H3,(H,19,20). The van der Waals surface area contributed by atoms with E-state index >= 15 is 0 Å². The second-order valence-electron chi connectivity index (χ2n) is 5.47. The van der Waals surface area contributed by atoms with Crippen molar-refractivity contribution in [1.82, 2.24) is 15.0 Å². The van der Waals surface area contributed by atoms with Crippen molar-refractivity contribution in [1.29, 1.82) is 0 Å². The lowest BCUT2D eigenvalue weighted by Gasteiger charge is -2.02. The van der Waals surface area contributed by atoms with Crippen LogP contribution in [0.5, 0.6) is 0 Å². The van der Waals surface area contributed by atoms with E-state index < -0.39 is 16.8 Å². The van der Waals surface area contributed by atoms with Crippen LogP contribution in [0.1, 0.15) is 27.2 Å². The van der Waals surface area contributed by atoms with Crippen LogP contribution in [0.25, 0.3) is 11.0 Å². The van der Waals surface area contributed by atoms with Gasteiger partial charge < -0.3 is 9.72 Å². The number of fused-ring (bicyclic) bond motifs is 1. The average molecular weight is 343 g/mol. The van der Waals surface area contributed by atoms with E-state index in [1.54, 1.807) is 18.3 Å². The number of nitrogens with one attached hydrogen (secondary N) is 1. The van der Waals surface area contributed by atoms with Crippen LogP contribution < -0.4 is 0 Å². The van der Waals surface area contributed by atoms with Crippen molar-refractivity contribution in [2.45, 2.75) is 24.8 Å². The number of methoxy groups -OCH3 is 1. The third kappa shape index (κ3) is 3.07. The Morgan fingerprint density at radius 3 is 2.79 bits per heavy atom. The van der Waals surface area contributed by atoms with Gasteiger partial charge in [0.05, 0.1) is 46.0 Å². The van der Waals surface area contributed by atoms with Gasteiger partial charge in [-0.2, -0.15) is 0 Å². The molecule has 3 aromatic rings. The fourth-order valence-electron chi connectivity index (χ4n) is 2.44. The summed E-state index contributed by atoms with van der Waals surface area (Å²) in [4.78, 5) is 23.5. The van der Waals surface area contributed by atoms with Gasteiger partial charge in [-0.25, -0.2) is 9.78 Å². The Labute approximate surface area is 141 Å². The van der Waals surface area contributed by atoms with Crippen molar-refractivity contribution in [3.63, 3.8) is 0 Å². The molecule has 0 aliphatic carbocycles. The number of imidazole rings is 1. The van der Waals surface area contributed by atoms with Crippen LogP contribution in [0.3, 0.4) is 0 Å².